The molecule has 0 amide bonds. The lowest BCUT2D eigenvalue weighted by Gasteiger charge is -2.31. The number of allylic oxidation sites excluding steroid dienone is 1. The molecule has 1 aliphatic heterocycles. The number of fused-ring (bicyclic) bond motifs is 1. The molecular formula is C26H29N. The molecule has 1 fully saturated rings. The molecule has 3 aromatic carbocycles. The molecule has 0 bridgehead atoms. The molecule has 138 valence electrons. The minimum absolute atomic E-state index is 0.842. The van der Waals surface area contributed by atoms with E-state index in [0.717, 1.165) is 12.5 Å². The molecule has 1 saturated heterocycles. The van der Waals surface area contributed by atoms with Crippen LogP contribution in [0.15, 0.2) is 78.9 Å². The minimum atomic E-state index is 0.842. The fourth-order valence-corrected chi connectivity index (χ4v) is 4.14. The van der Waals surface area contributed by atoms with Crippen LogP contribution in [0.4, 0.5) is 0 Å². The van der Waals surface area contributed by atoms with Crippen molar-refractivity contribution in [2.45, 2.75) is 26.2 Å². The molecule has 0 N–H and O–H groups in total. The third-order valence-corrected chi connectivity index (χ3v) is 5.93. The summed E-state index contributed by atoms with van der Waals surface area (Å²) >= 11 is 0. The van der Waals surface area contributed by atoms with E-state index >= 15 is 0 Å². The molecule has 4 rings (SSSR count). The topological polar surface area (TPSA) is 3.24 Å². The second kappa shape index (κ2) is 8.54. The smallest absolute Gasteiger partial charge is 0.0169 e. The number of hydrogen-bond acceptors (Lipinski definition) is 1. The van der Waals surface area contributed by atoms with Crippen LogP contribution in [0.25, 0.3) is 16.3 Å². The highest BCUT2D eigenvalue weighted by Crippen LogP contribution is 2.23. The van der Waals surface area contributed by atoms with Gasteiger partial charge in [0.1, 0.15) is 0 Å². The molecule has 1 nitrogen and oxygen atoms in total. The number of likely N-dealkylation sites (tertiary alicyclic amines) is 1. The summed E-state index contributed by atoms with van der Waals surface area (Å²) in [6.07, 6.45) is 6.28. The highest BCUT2D eigenvalue weighted by atomic mass is 15.1. The van der Waals surface area contributed by atoms with Crippen LogP contribution in [0.5, 0.6) is 0 Å². The van der Waals surface area contributed by atoms with Gasteiger partial charge in [0.05, 0.1) is 0 Å². The normalized spacial score (nSPS) is 16.7. The van der Waals surface area contributed by atoms with E-state index < -0.39 is 0 Å². The Bertz CT molecular complexity index is 902. The maximum atomic E-state index is 2.60. The molecule has 0 spiro atoms. The quantitative estimate of drug-likeness (QED) is 0.527. The van der Waals surface area contributed by atoms with Crippen molar-refractivity contribution in [1.82, 2.24) is 4.90 Å². The first-order valence-electron chi connectivity index (χ1n) is 10.2. The fraction of sp³-hybridized carbons (Fsp3) is 0.308. The molecule has 1 aliphatic rings. The zero-order chi connectivity index (χ0) is 18.5. The van der Waals surface area contributed by atoms with Gasteiger partial charge < -0.3 is 0 Å². The van der Waals surface area contributed by atoms with Gasteiger partial charge in [-0.2, -0.15) is 0 Å². The van der Waals surface area contributed by atoms with Gasteiger partial charge in [-0.1, -0.05) is 72.8 Å². The van der Waals surface area contributed by atoms with E-state index in [1.54, 1.807) is 0 Å². The summed E-state index contributed by atoms with van der Waals surface area (Å²) in [5, 5.41) is 2.64. The average molecular weight is 356 g/mol. The molecular weight excluding hydrogens is 326 g/mol. The monoisotopic (exact) mass is 355 g/mol. The molecule has 0 radical (unpaired) electrons. The van der Waals surface area contributed by atoms with Crippen LogP contribution in [-0.2, 0) is 6.42 Å². The van der Waals surface area contributed by atoms with E-state index in [2.05, 4.69) is 90.7 Å². The summed E-state index contributed by atoms with van der Waals surface area (Å²) in [5.74, 6) is 0.842. The predicted octanol–water partition coefficient (Wildman–Crippen LogP) is 6.20. The summed E-state index contributed by atoms with van der Waals surface area (Å²) < 4.78 is 0. The predicted molar refractivity (Wildman–Crippen MR) is 117 cm³/mol. The number of benzene rings is 3. The molecule has 0 aromatic heterocycles. The van der Waals surface area contributed by atoms with E-state index in [1.807, 2.05) is 0 Å². The van der Waals surface area contributed by atoms with Gasteiger partial charge in [-0.15, -0.1) is 0 Å². The highest BCUT2D eigenvalue weighted by molar-refractivity contribution is 5.86. The van der Waals surface area contributed by atoms with Crippen molar-refractivity contribution in [3.8, 4) is 0 Å². The summed E-state index contributed by atoms with van der Waals surface area (Å²) in [6.45, 7) is 5.75. The van der Waals surface area contributed by atoms with Crippen molar-refractivity contribution < 1.29 is 0 Å². The third-order valence-electron chi connectivity index (χ3n) is 5.93. The van der Waals surface area contributed by atoms with Crippen LogP contribution in [-0.4, -0.2) is 24.5 Å². The first-order chi connectivity index (χ1) is 13.3. The van der Waals surface area contributed by atoms with Gasteiger partial charge in [0.25, 0.3) is 0 Å². The van der Waals surface area contributed by atoms with Crippen molar-refractivity contribution in [3.63, 3.8) is 0 Å². The molecule has 1 heterocycles. The number of piperidine rings is 1. The molecule has 0 atom stereocenters. The van der Waals surface area contributed by atoms with Crippen LogP contribution in [0.2, 0.25) is 0 Å². The lowest BCUT2D eigenvalue weighted by molar-refractivity contribution is 0.200. The van der Waals surface area contributed by atoms with Crippen LogP contribution in [0.3, 0.4) is 0 Å². The average Bonchev–Trinajstić information content (AvgIpc) is 2.73. The lowest BCUT2D eigenvalue weighted by Crippen LogP contribution is -2.34. The SMILES string of the molecule is C/C(=C\CN1CCC(Cc2ccccc2)CC1)c1ccc2ccccc2c1. The van der Waals surface area contributed by atoms with Gasteiger partial charge in [-0.05, 0) is 78.7 Å². The molecule has 0 aliphatic carbocycles. The zero-order valence-electron chi connectivity index (χ0n) is 16.3. The van der Waals surface area contributed by atoms with Crippen molar-refractivity contribution in [3.05, 3.63) is 90.0 Å². The molecule has 3 aromatic rings. The number of hydrogen-bond donors (Lipinski definition) is 0. The van der Waals surface area contributed by atoms with E-state index in [1.165, 1.54) is 59.8 Å². The van der Waals surface area contributed by atoms with Crippen molar-refractivity contribution in [2.24, 2.45) is 5.92 Å². The Labute approximate surface area is 163 Å². The van der Waals surface area contributed by atoms with Gasteiger partial charge in [-0.25, -0.2) is 0 Å². The Kier molecular flexibility index (Phi) is 5.69. The largest absolute Gasteiger partial charge is 0.300 e. The van der Waals surface area contributed by atoms with Crippen LogP contribution >= 0.6 is 0 Å². The summed E-state index contributed by atoms with van der Waals surface area (Å²) in [6, 6.07) is 26.3. The molecule has 0 saturated carbocycles. The van der Waals surface area contributed by atoms with E-state index in [0.29, 0.717) is 0 Å². The summed E-state index contributed by atoms with van der Waals surface area (Å²) in [5.41, 5.74) is 4.21. The Morgan fingerprint density at radius 2 is 1.59 bits per heavy atom. The van der Waals surface area contributed by atoms with Crippen LogP contribution < -0.4 is 0 Å². The minimum Gasteiger partial charge on any atom is -0.300 e. The standard InChI is InChI=1S/C26H29N/c1-21(25-12-11-24-9-5-6-10-26(24)20-25)13-16-27-17-14-23(15-18-27)19-22-7-3-2-4-8-22/h2-13,20,23H,14-19H2,1H3/b21-13+. The number of nitrogens with zero attached hydrogens (tertiary/aromatic N) is 1. The molecule has 1 heteroatoms. The van der Waals surface area contributed by atoms with Crippen molar-refractivity contribution in [1.29, 1.82) is 0 Å². The van der Waals surface area contributed by atoms with Crippen molar-refractivity contribution in [2.75, 3.05) is 19.6 Å². The van der Waals surface area contributed by atoms with E-state index in [-0.39, 0.29) is 0 Å². The van der Waals surface area contributed by atoms with Gasteiger partial charge in [0.15, 0.2) is 0 Å². The second-order valence-corrected chi connectivity index (χ2v) is 7.88. The highest BCUT2D eigenvalue weighted by Gasteiger charge is 2.18. The Balaban J connectivity index is 1.31. The second-order valence-electron chi connectivity index (χ2n) is 7.88. The summed E-state index contributed by atoms with van der Waals surface area (Å²) in [4.78, 5) is 2.60. The lowest BCUT2D eigenvalue weighted by atomic mass is 9.90. The Hall–Kier alpha value is -2.38. The van der Waals surface area contributed by atoms with Crippen LogP contribution in [0, 0.1) is 5.92 Å². The maximum Gasteiger partial charge on any atom is 0.0169 e. The molecule has 0 unspecified atom stereocenters. The van der Waals surface area contributed by atoms with E-state index in [9.17, 15) is 0 Å². The molecule has 27 heavy (non-hydrogen) atoms. The van der Waals surface area contributed by atoms with Gasteiger partial charge in [0.2, 0.25) is 0 Å². The summed E-state index contributed by atoms with van der Waals surface area (Å²) in [7, 11) is 0. The maximum absolute atomic E-state index is 2.60. The van der Waals surface area contributed by atoms with Crippen molar-refractivity contribution >= 4 is 16.3 Å². The fourth-order valence-electron chi connectivity index (χ4n) is 4.14. The first-order valence-corrected chi connectivity index (χ1v) is 10.2. The number of rotatable bonds is 5. The van der Waals surface area contributed by atoms with Gasteiger partial charge >= 0.3 is 0 Å². The van der Waals surface area contributed by atoms with Gasteiger partial charge in [-0.3, -0.25) is 4.90 Å². The van der Waals surface area contributed by atoms with Crippen LogP contribution in [0.1, 0.15) is 30.9 Å². The Morgan fingerprint density at radius 3 is 2.37 bits per heavy atom. The first kappa shape index (κ1) is 18.0. The Morgan fingerprint density at radius 1 is 0.889 bits per heavy atom. The van der Waals surface area contributed by atoms with Gasteiger partial charge in [0, 0.05) is 6.54 Å². The zero-order valence-corrected chi connectivity index (χ0v) is 16.3. The third kappa shape index (κ3) is 4.67. The van der Waals surface area contributed by atoms with E-state index in [4.69, 9.17) is 0 Å².